The third-order valence-corrected chi connectivity index (χ3v) is 2.69. The summed E-state index contributed by atoms with van der Waals surface area (Å²) in [6.07, 6.45) is 0.280. The molecule has 0 saturated carbocycles. The van der Waals surface area contributed by atoms with Crippen LogP contribution in [0.5, 0.6) is 0 Å². The topological polar surface area (TPSA) is 74.0 Å². The molecule has 0 bridgehead atoms. The molecule has 0 aliphatic carbocycles. The van der Waals surface area contributed by atoms with E-state index in [0.29, 0.717) is 12.2 Å². The number of fused-ring (bicyclic) bond motifs is 1. The average Bonchev–Trinajstić information content (AvgIpc) is 2.82. The number of hydrogen-bond acceptors (Lipinski definition) is 2. The number of benzene rings is 1. The fourth-order valence-corrected chi connectivity index (χ4v) is 1.71. The summed E-state index contributed by atoms with van der Waals surface area (Å²) in [4.78, 5) is 25.8. The van der Waals surface area contributed by atoms with Gasteiger partial charge in [0.15, 0.2) is 0 Å². The van der Waals surface area contributed by atoms with Crippen LogP contribution >= 0.6 is 0 Å². The number of aromatic nitrogens is 1. The Morgan fingerprint density at radius 3 is 2.78 bits per heavy atom. The highest BCUT2D eigenvalue weighted by Gasteiger charge is 2.09. The Balaban J connectivity index is 1.98. The number of rotatable bonds is 4. The second-order valence-electron chi connectivity index (χ2n) is 3.95. The lowest BCUT2D eigenvalue weighted by Crippen LogP contribution is -2.29. The normalized spacial score (nSPS) is 10.3. The lowest BCUT2D eigenvalue weighted by Gasteiger charge is -2.02. The van der Waals surface area contributed by atoms with E-state index < -0.39 is 0 Å². The van der Waals surface area contributed by atoms with E-state index in [1.807, 2.05) is 24.3 Å². The van der Waals surface area contributed by atoms with Gasteiger partial charge in [-0.1, -0.05) is 18.2 Å². The van der Waals surface area contributed by atoms with Crippen molar-refractivity contribution >= 4 is 22.7 Å². The number of amides is 2. The number of hydrogen-bond donors (Lipinski definition) is 3. The Morgan fingerprint density at radius 1 is 1.28 bits per heavy atom. The molecule has 0 unspecified atom stereocenters. The monoisotopic (exact) mass is 245 g/mol. The largest absolute Gasteiger partial charge is 0.359 e. The molecule has 5 nitrogen and oxygen atoms in total. The minimum atomic E-state index is -0.199. The fraction of sp³-hybridized carbons (Fsp3) is 0.231. The van der Waals surface area contributed by atoms with Gasteiger partial charge in [-0.25, -0.2) is 0 Å². The highest BCUT2D eigenvalue weighted by atomic mass is 16.2. The molecule has 1 aromatic heterocycles. The highest BCUT2D eigenvalue weighted by molar-refractivity contribution is 5.98. The maximum atomic E-state index is 11.8. The summed E-state index contributed by atoms with van der Waals surface area (Å²) in [6.45, 7) is 0.327. The summed E-state index contributed by atoms with van der Waals surface area (Å²) in [7, 11) is 1.57. The Labute approximate surface area is 105 Å². The van der Waals surface area contributed by atoms with Gasteiger partial charge < -0.3 is 15.6 Å². The van der Waals surface area contributed by atoms with Crippen molar-refractivity contribution in [2.45, 2.75) is 6.42 Å². The van der Waals surface area contributed by atoms with E-state index in [4.69, 9.17) is 0 Å². The van der Waals surface area contributed by atoms with Crippen LogP contribution in [0.4, 0.5) is 0 Å². The predicted molar refractivity (Wildman–Crippen MR) is 69.3 cm³/mol. The number of para-hydroxylation sites is 1. The van der Waals surface area contributed by atoms with Crippen molar-refractivity contribution in [3.05, 3.63) is 36.0 Å². The smallest absolute Gasteiger partial charge is 0.267 e. The molecule has 18 heavy (non-hydrogen) atoms. The summed E-state index contributed by atoms with van der Waals surface area (Å²) in [5.74, 6) is -0.290. The van der Waals surface area contributed by atoms with Gasteiger partial charge in [-0.3, -0.25) is 9.59 Å². The Morgan fingerprint density at radius 2 is 2.06 bits per heavy atom. The van der Waals surface area contributed by atoms with E-state index in [9.17, 15) is 9.59 Å². The van der Waals surface area contributed by atoms with Gasteiger partial charge in [0.1, 0.15) is 5.69 Å². The van der Waals surface area contributed by atoms with E-state index in [2.05, 4.69) is 15.6 Å². The van der Waals surface area contributed by atoms with Gasteiger partial charge in [-0.2, -0.15) is 0 Å². The van der Waals surface area contributed by atoms with E-state index in [1.165, 1.54) is 0 Å². The zero-order chi connectivity index (χ0) is 13.0. The molecule has 0 saturated heterocycles. The van der Waals surface area contributed by atoms with Crippen LogP contribution in [0.1, 0.15) is 16.9 Å². The molecular weight excluding hydrogens is 230 g/mol. The third-order valence-electron chi connectivity index (χ3n) is 2.69. The van der Waals surface area contributed by atoms with Crippen LogP contribution in [-0.2, 0) is 4.79 Å². The van der Waals surface area contributed by atoms with Crippen molar-refractivity contribution in [3.8, 4) is 0 Å². The van der Waals surface area contributed by atoms with Crippen LogP contribution in [0.25, 0.3) is 10.9 Å². The van der Waals surface area contributed by atoms with Gasteiger partial charge in [-0.15, -0.1) is 0 Å². The van der Waals surface area contributed by atoms with Crippen LogP contribution in [0.15, 0.2) is 30.3 Å². The number of carbonyl (C=O) groups excluding carboxylic acids is 2. The number of carbonyl (C=O) groups is 2. The highest BCUT2D eigenvalue weighted by Crippen LogP contribution is 2.14. The van der Waals surface area contributed by atoms with Gasteiger partial charge >= 0.3 is 0 Å². The van der Waals surface area contributed by atoms with Crippen molar-refractivity contribution in [1.29, 1.82) is 0 Å². The maximum absolute atomic E-state index is 11.8. The van der Waals surface area contributed by atoms with E-state index >= 15 is 0 Å². The van der Waals surface area contributed by atoms with Crippen molar-refractivity contribution in [3.63, 3.8) is 0 Å². The third kappa shape index (κ3) is 2.68. The zero-order valence-electron chi connectivity index (χ0n) is 10.1. The first-order chi connectivity index (χ1) is 8.70. The fourth-order valence-electron chi connectivity index (χ4n) is 1.71. The van der Waals surface area contributed by atoms with Crippen LogP contribution in [0.2, 0.25) is 0 Å². The molecule has 0 aliphatic heterocycles. The maximum Gasteiger partial charge on any atom is 0.267 e. The molecule has 2 amide bonds. The molecule has 2 aromatic rings. The molecular formula is C13H15N3O2. The van der Waals surface area contributed by atoms with Crippen LogP contribution < -0.4 is 10.6 Å². The van der Waals surface area contributed by atoms with Crippen LogP contribution in [0, 0.1) is 0 Å². The lowest BCUT2D eigenvalue weighted by molar-refractivity contribution is -0.120. The Bertz CT molecular complexity index is 541. The van der Waals surface area contributed by atoms with Crippen molar-refractivity contribution < 1.29 is 9.59 Å². The van der Waals surface area contributed by atoms with Crippen molar-refractivity contribution in [1.82, 2.24) is 15.6 Å². The first-order valence-electron chi connectivity index (χ1n) is 5.77. The molecule has 0 aliphatic rings. The molecule has 0 fully saturated rings. The van der Waals surface area contributed by atoms with Gasteiger partial charge in [0.25, 0.3) is 5.91 Å². The molecule has 1 aromatic carbocycles. The number of nitrogens with one attached hydrogen (secondary N) is 3. The summed E-state index contributed by atoms with van der Waals surface area (Å²) in [6, 6.07) is 9.48. The molecule has 0 atom stereocenters. The molecule has 1 heterocycles. The molecule has 94 valence electrons. The van der Waals surface area contributed by atoms with Gasteiger partial charge in [0.2, 0.25) is 5.91 Å². The minimum Gasteiger partial charge on any atom is -0.359 e. The first kappa shape index (κ1) is 12.2. The van der Waals surface area contributed by atoms with Gasteiger partial charge in [-0.05, 0) is 12.1 Å². The standard InChI is InChI=1S/C13H15N3O2/c1-14-12(17)6-7-15-13(18)11-8-9-4-2-3-5-10(9)16-11/h2-5,8,16H,6-7H2,1H3,(H,14,17)(H,15,18). The molecule has 0 spiro atoms. The average molecular weight is 245 g/mol. The van der Waals surface area contributed by atoms with Gasteiger partial charge in [0, 0.05) is 30.9 Å². The second kappa shape index (κ2) is 5.35. The minimum absolute atomic E-state index is 0.0908. The van der Waals surface area contributed by atoms with E-state index in [0.717, 1.165) is 10.9 Å². The van der Waals surface area contributed by atoms with E-state index in [1.54, 1.807) is 13.1 Å². The van der Waals surface area contributed by atoms with Crippen molar-refractivity contribution in [2.75, 3.05) is 13.6 Å². The van der Waals surface area contributed by atoms with Crippen molar-refractivity contribution in [2.24, 2.45) is 0 Å². The zero-order valence-corrected chi connectivity index (χ0v) is 10.1. The van der Waals surface area contributed by atoms with Crippen LogP contribution in [0.3, 0.4) is 0 Å². The summed E-state index contributed by atoms with van der Waals surface area (Å²) in [5.41, 5.74) is 1.43. The summed E-state index contributed by atoms with van der Waals surface area (Å²) >= 11 is 0. The van der Waals surface area contributed by atoms with Gasteiger partial charge in [0.05, 0.1) is 0 Å². The SMILES string of the molecule is CNC(=O)CCNC(=O)c1cc2ccccc2[nH]1. The predicted octanol–water partition coefficient (Wildman–Crippen LogP) is 1.03. The molecule has 3 N–H and O–H groups in total. The van der Waals surface area contributed by atoms with Crippen LogP contribution in [-0.4, -0.2) is 30.4 Å². The summed E-state index contributed by atoms with van der Waals surface area (Å²) < 4.78 is 0. The second-order valence-corrected chi connectivity index (χ2v) is 3.95. The van der Waals surface area contributed by atoms with E-state index in [-0.39, 0.29) is 18.2 Å². The first-order valence-corrected chi connectivity index (χ1v) is 5.77. The molecule has 2 rings (SSSR count). The molecule has 0 radical (unpaired) electrons. The summed E-state index contributed by atoms with van der Waals surface area (Å²) in [5, 5.41) is 6.19. The number of aromatic amines is 1. The Kier molecular flexibility index (Phi) is 3.62. The quantitative estimate of drug-likeness (QED) is 0.752. The molecule has 5 heteroatoms. The lowest BCUT2D eigenvalue weighted by atomic mass is 10.2. The Hall–Kier alpha value is -2.30. The number of H-pyrrole nitrogens is 1.